The second-order valence-corrected chi connectivity index (χ2v) is 3.69. The van der Waals surface area contributed by atoms with Crippen molar-refractivity contribution in [3.8, 4) is 0 Å². The standard InChI is InChI=1S/C12H15FN2/c13-12-2-1-10(7-11(12)8-14)9-3-5-15-6-4-9/h1-3,7,15H,4-6,8,14H2. The predicted molar refractivity (Wildman–Crippen MR) is 59.8 cm³/mol. The van der Waals surface area contributed by atoms with Crippen LogP contribution in [0.1, 0.15) is 17.5 Å². The summed E-state index contributed by atoms with van der Waals surface area (Å²) in [7, 11) is 0. The molecule has 3 N–H and O–H groups in total. The number of nitrogens with two attached hydrogens (primary N) is 1. The predicted octanol–water partition coefficient (Wildman–Crippen LogP) is 1.66. The Morgan fingerprint density at radius 2 is 2.27 bits per heavy atom. The van der Waals surface area contributed by atoms with Gasteiger partial charge in [0.2, 0.25) is 0 Å². The van der Waals surface area contributed by atoms with Gasteiger partial charge in [0.05, 0.1) is 0 Å². The summed E-state index contributed by atoms with van der Waals surface area (Å²) in [5, 5.41) is 3.25. The summed E-state index contributed by atoms with van der Waals surface area (Å²) in [5.41, 5.74) is 8.44. The van der Waals surface area contributed by atoms with Gasteiger partial charge >= 0.3 is 0 Å². The van der Waals surface area contributed by atoms with Crippen molar-refractivity contribution < 1.29 is 4.39 Å². The summed E-state index contributed by atoms with van der Waals surface area (Å²) >= 11 is 0. The maximum Gasteiger partial charge on any atom is 0.127 e. The van der Waals surface area contributed by atoms with Crippen molar-refractivity contribution >= 4 is 5.57 Å². The van der Waals surface area contributed by atoms with Crippen LogP contribution in [-0.4, -0.2) is 13.1 Å². The quantitative estimate of drug-likeness (QED) is 0.772. The molecule has 1 aliphatic rings. The first kappa shape index (κ1) is 10.3. The molecule has 2 nitrogen and oxygen atoms in total. The van der Waals surface area contributed by atoms with E-state index < -0.39 is 0 Å². The highest BCUT2D eigenvalue weighted by atomic mass is 19.1. The van der Waals surface area contributed by atoms with E-state index in [1.54, 1.807) is 0 Å². The van der Waals surface area contributed by atoms with Crippen LogP contribution in [0.5, 0.6) is 0 Å². The molecule has 80 valence electrons. The fourth-order valence-corrected chi connectivity index (χ4v) is 1.82. The molecule has 3 heteroatoms. The molecular weight excluding hydrogens is 191 g/mol. The second kappa shape index (κ2) is 4.55. The molecule has 0 radical (unpaired) electrons. The highest BCUT2D eigenvalue weighted by molar-refractivity contribution is 5.67. The van der Waals surface area contributed by atoms with Crippen LogP contribution in [0, 0.1) is 5.82 Å². The smallest absolute Gasteiger partial charge is 0.127 e. The van der Waals surface area contributed by atoms with Crippen molar-refractivity contribution in [1.82, 2.24) is 5.32 Å². The molecule has 0 atom stereocenters. The Kier molecular flexibility index (Phi) is 3.14. The Labute approximate surface area is 89.0 Å². The monoisotopic (exact) mass is 206 g/mol. The van der Waals surface area contributed by atoms with Crippen molar-refractivity contribution in [3.05, 3.63) is 41.2 Å². The maximum absolute atomic E-state index is 13.2. The SMILES string of the molecule is NCc1cc(C2=CCNCC2)ccc1F. The largest absolute Gasteiger partial charge is 0.326 e. The van der Waals surface area contributed by atoms with Gasteiger partial charge in [0, 0.05) is 18.7 Å². The molecular formula is C12H15FN2. The van der Waals surface area contributed by atoms with Gasteiger partial charge in [-0.3, -0.25) is 0 Å². The summed E-state index contributed by atoms with van der Waals surface area (Å²) < 4.78 is 13.2. The van der Waals surface area contributed by atoms with Crippen LogP contribution in [0.2, 0.25) is 0 Å². The van der Waals surface area contributed by atoms with Crippen molar-refractivity contribution in [1.29, 1.82) is 0 Å². The third-order valence-electron chi connectivity index (χ3n) is 2.70. The first-order valence-corrected chi connectivity index (χ1v) is 5.20. The fraction of sp³-hybridized carbons (Fsp3) is 0.333. The van der Waals surface area contributed by atoms with Crippen molar-refractivity contribution in [2.45, 2.75) is 13.0 Å². The molecule has 0 saturated heterocycles. The van der Waals surface area contributed by atoms with Crippen LogP contribution >= 0.6 is 0 Å². The number of halogens is 1. The third kappa shape index (κ3) is 2.25. The molecule has 2 rings (SSSR count). The summed E-state index contributed by atoms with van der Waals surface area (Å²) in [6.07, 6.45) is 3.15. The minimum atomic E-state index is -0.212. The third-order valence-corrected chi connectivity index (χ3v) is 2.70. The van der Waals surface area contributed by atoms with E-state index in [0.29, 0.717) is 5.56 Å². The van der Waals surface area contributed by atoms with E-state index in [9.17, 15) is 4.39 Å². The molecule has 0 amide bonds. The molecule has 0 saturated carbocycles. The van der Waals surface area contributed by atoms with Crippen molar-refractivity contribution in [3.63, 3.8) is 0 Å². The first-order valence-electron chi connectivity index (χ1n) is 5.20. The van der Waals surface area contributed by atoms with Gasteiger partial charge in [-0.05, 0) is 36.2 Å². The number of hydrogen-bond donors (Lipinski definition) is 2. The van der Waals surface area contributed by atoms with Gasteiger partial charge in [0.25, 0.3) is 0 Å². The Morgan fingerprint density at radius 3 is 2.93 bits per heavy atom. The van der Waals surface area contributed by atoms with Crippen LogP contribution in [0.4, 0.5) is 4.39 Å². The zero-order valence-corrected chi connectivity index (χ0v) is 8.59. The van der Waals surface area contributed by atoms with E-state index in [4.69, 9.17) is 5.73 Å². The number of nitrogens with one attached hydrogen (secondary N) is 1. The van der Waals surface area contributed by atoms with Crippen LogP contribution in [0.3, 0.4) is 0 Å². The lowest BCUT2D eigenvalue weighted by molar-refractivity contribution is 0.610. The van der Waals surface area contributed by atoms with Gasteiger partial charge < -0.3 is 11.1 Å². The first-order chi connectivity index (χ1) is 7.31. The lowest BCUT2D eigenvalue weighted by atomic mass is 9.98. The van der Waals surface area contributed by atoms with Gasteiger partial charge in [-0.1, -0.05) is 12.1 Å². The molecule has 15 heavy (non-hydrogen) atoms. The summed E-state index contributed by atoms with van der Waals surface area (Å²) in [5.74, 6) is -0.212. The highest BCUT2D eigenvalue weighted by Gasteiger charge is 2.08. The van der Waals surface area contributed by atoms with Crippen LogP contribution < -0.4 is 11.1 Å². The van der Waals surface area contributed by atoms with Gasteiger partial charge in [-0.2, -0.15) is 0 Å². The molecule has 0 bridgehead atoms. The highest BCUT2D eigenvalue weighted by Crippen LogP contribution is 2.21. The molecule has 0 unspecified atom stereocenters. The van der Waals surface area contributed by atoms with Gasteiger partial charge in [0.1, 0.15) is 5.82 Å². The maximum atomic E-state index is 13.2. The van der Waals surface area contributed by atoms with E-state index >= 15 is 0 Å². The summed E-state index contributed by atoms with van der Waals surface area (Å²) in [6.45, 7) is 2.14. The number of rotatable bonds is 2. The molecule has 0 spiro atoms. The van der Waals surface area contributed by atoms with Crippen molar-refractivity contribution in [2.24, 2.45) is 5.73 Å². The van der Waals surface area contributed by atoms with E-state index in [-0.39, 0.29) is 12.4 Å². The van der Waals surface area contributed by atoms with Crippen LogP contribution in [0.25, 0.3) is 5.57 Å². The lowest BCUT2D eigenvalue weighted by Crippen LogP contribution is -2.20. The Bertz CT molecular complexity index is 385. The topological polar surface area (TPSA) is 38.0 Å². The van der Waals surface area contributed by atoms with Crippen LogP contribution in [0.15, 0.2) is 24.3 Å². The number of hydrogen-bond acceptors (Lipinski definition) is 2. The Morgan fingerprint density at radius 1 is 1.40 bits per heavy atom. The number of benzene rings is 1. The average Bonchev–Trinajstić information content (AvgIpc) is 2.31. The van der Waals surface area contributed by atoms with Crippen LogP contribution in [-0.2, 0) is 6.54 Å². The second-order valence-electron chi connectivity index (χ2n) is 3.69. The van der Waals surface area contributed by atoms with Crippen molar-refractivity contribution in [2.75, 3.05) is 13.1 Å². The Balaban J connectivity index is 2.32. The van der Waals surface area contributed by atoms with E-state index in [2.05, 4.69) is 11.4 Å². The van der Waals surface area contributed by atoms with Gasteiger partial charge in [-0.25, -0.2) is 4.39 Å². The van der Waals surface area contributed by atoms with Gasteiger partial charge in [0.15, 0.2) is 0 Å². The molecule has 0 aliphatic carbocycles. The van der Waals surface area contributed by atoms with E-state index in [1.807, 2.05) is 12.1 Å². The molecule has 0 aromatic heterocycles. The molecule has 0 fully saturated rings. The Hall–Kier alpha value is -1.19. The minimum Gasteiger partial charge on any atom is -0.326 e. The summed E-state index contributed by atoms with van der Waals surface area (Å²) in [4.78, 5) is 0. The molecule has 1 heterocycles. The zero-order valence-electron chi connectivity index (χ0n) is 8.59. The average molecular weight is 206 g/mol. The molecule has 1 aliphatic heterocycles. The minimum absolute atomic E-state index is 0.212. The van der Waals surface area contributed by atoms with E-state index in [1.165, 1.54) is 11.6 Å². The fourth-order valence-electron chi connectivity index (χ4n) is 1.82. The zero-order chi connectivity index (χ0) is 10.7. The normalized spacial score (nSPS) is 16.3. The summed E-state index contributed by atoms with van der Waals surface area (Å²) in [6, 6.07) is 5.18. The van der Waals surface area contributed by atoms with Gasteiger partial charge in [-0.15, -0.1) is 0 Å². The molecule has 1 aromatic rings. The molecule has 1 aromatic carbocycles. The van der Waals surface area contributed by atoms with E-state index in [0.717, 1.165) is 25.1 Å². The lowest BCUT2D eigenvalue weighted by Gasteiger charge is -2.15.